The summed E-state index contributed by atoms with van der Waals surface area (Å²) in [5.41, 5.74) is 0.612. The molecular weight excluding hydrogens is 326 g/mol. The van der Waals surface area contributed by atoms with E-state index in [9.17, 15) is 22.0 Å². The Bertz CT molecular complexity index is 683. The first-order chi connectivity index (χ1) is 10.8. The van der Waals surface area contributed by atoms with Crippen molar-refractivity contribution in [3.8, 4) is 0 Å². The number of nitrogens with one attached hydrogen (secondary N) is 1. The number of benzene rings is 1. The molecular formula is C15H18F2N2O3S. The number of carbonyl (C=O) groups excluding carboxylic acids is 1. The standard InChI is InChI=1S/C15H18F2N2O3S/c1-18-23(21,22)13-7-2-11(3-8-13)4-9-15(20)19(10-14(16)17)12-5-6-12/h2-4,7-9,12,14,18H,5-6,10H2,1H3. The summed E-state index contributed by atoms with van der Waals surface area (Å²) < 4.78 is 50.4. The van der Waals surface area contributed by atoms with Gasteiger partial charge in [-0.15, -0.1) is 0 Å². The fourth-order valence-corrected chi connectivity index (χ4v) is 2.82. The number of nitrogens with zero attached hydrogens (tertiary/aromatic N) is 1. The topological polar surface area (TPSA) is 66.5 Å². The lowest BCUT2D eigenvalue weighted by molar-refractivity contribution is -0.128. The fourth-order valence-electron chi connectivity index (χ4n) is 2.09. The van der Waals surface area contributed by atoms with Crippen LogP contribution in [-0.4, -0.2) is 45.3 Å². The largest absolute Gasteiger partial charge is 0.330 e. The monoisotopic (exact) mass is 344 g/mol. The molecule has 0 spiro atoms. The van der Waals surface area contributed by atoms with E-state index in [1.807, 2.05) is 0 Å². The molecule has 8 heteroatoms. The van der Waals surface area contributed by atoms with Gasteiger partial charge in [0.1, 0.15) is 0 Å². The molecule has 126 valence electrons. The molecule has 2 rings (SSSR count). The SMILES string of the molecule is CNS(=O)(=O)c1ccc(C=CC(=O)N(CC(F)F)C2CC2)cc1. The summed E-state index contributed by atoms with van der Waals surface area (Å²) in [6.45, 7) is -0.562. The molecule has 0 aliphatic heterocycles. The van der Waals surface area contributed by atoms with Crippen molar-refractivity contribution >= 4 is 22.0 Å². The lowest BCUT2D eigenvalue weighted by Crippen LogP contribution is -2.35. The predicted molar refractivity (Wildman–Crippen MR) is 82.5 cm³/mol. The van der Waals surface area contributed by atoms with Gasteiger partial charge in [-0.3, -0.25) is 4.79 Å². The van der Waals surface area contributed by atoms with E-state index in [4.69, 9.17) is 0 Å². The number of hydrogen-bond donors (Lipinski definition) is 1. The molecule has 0 heterocycles. The van der Waals surface area contributed by atoms with E-state index in [1.165, 1.54) is 36.2 Å². The van der Waals surface area contributed by atoms with Crippen LogP contribution in [0.2, 0.25) is 0 Å². The third-order valence-electron chi connectivity index (χ3n) is 3.48. The number of sulfonamides is 1. The molecule has 1 aromatic rings. The van der Waals surface area contributed by atoms with Gasteiger partial charge in [0.25, 0.3) is 6.43 Å². The predicted octanol–water partition coefficient (Wildman–Crippen LogP) is 1.86. The minimum atomic E-state index is -3.51. The highest BCUT2D eigenvalue weighted by molar-refractivity contribution is 7.89. The Morgan fingerprint density at radius 1 is 1.35 bits per heavy atom. The molecule has 0 saturated heterocycles. The molecule has 1 N–H and O–H groups in total. The van der Waals surface area contributed by atoms with Gasteiger partial charge in [-0.05, 0) is 43.7 Å². The summed E-state index contributed by atoms with van der Waals surface area (Å²) in [4.78, 5) is 13.3. The molecule has 0 bridgehead atoms. The van der Waals surface area contributed by atoms with Crippen LogP contribution in [0.15, 0.2) is 35.2 Å². The molecule has 1 amide bonds. The van der Waals surface area contributed by atoms with Crippen molar-refractivity contribution in [1.29, 1.82) is 0 Å². The highest BCUT2D eigenvalue weighted by atomic mass is 32.2. The summed E-state index contributed by atoms with van der Waals surface area (Å²) >= 11 is 0. The fraction of sp³-hybridized carbons (Fsp3) is 0.400. The summed E-state index contributed by atoms with van der Waals surface area (Å²) in [6, 6.07) is 5.82. The molecule has 0 atom stereocenters. The number of halogens is 2. The number of carbonyl (C=O) groups is 1. The molecule has 0 unspecified atom stereocenters. The highest BCUT2D eigenvalue weighted by Crippen LogP contribution is 2.27. The second kappa shape index (κ2) is 7.18. The van der Waals surface area contributed by atoms with Crippen molar-refractivity contribution in [2.45, 2.75) is 30.2 Å². The van der Waals surface area contributed by atoms with Crippen molar-refractivity contribution in [3.05, 3.63) is 35.9 Å². The van der Waals surface area contributed by atoms with Crippen molar-refractivity contribution in [2.75, 3.05) is 13.6 Å². The smallest absolute Gasteiger partial charge is 0.255 e. The van der Waals surface area contributed by atoms with E-state index >= 15 is 0 Å². The minimum absolute atomic E-state index is 0.0932. The van der Waals surface area contributed by atoms with Crippen molar-refractivity contribution in [2.24, 2.45) is 0 Å². The second-order valence-electron chi connectivity index (χ2n) is 5.22. The van der Waals surface area contributed by atoms with Gasteiger partial charge in [0.2, 0.25) is 15.9 Å². The van der Waals surface area contributed by atoms with E-state index in [0.717, 1.165) is 12.8 Å². The average molecular weight is 344 g/mol. The Labute approximate surface area is 134 Å². The lowest BCUT2D eigenvalue weighted by atomic mass is 10.2. The van der Waals surface area contributed by atoms with Crippen molar-refractivity contribution < 1.29 is 22.0 Å². The van der Waals surface area contributed by atoms with Crippen LogP contribution in [0.5, 0.6) is 0 Å². The first-order valence-corrected chi connectivity index (χ1v) is 8.62. The molecule has 0 radical (unpaired) electrons. The van der Waals surface area contributed by atoms with Crippen LogP contribution >= 0.6 is 0 Å². The Morgan fingerprint density at radius 3 is 2.43 bits per heavy atom. The summed E-state index contributed by atoms with van der Waals surface area (Å²) in [5.74, 6) is -0.459. The summed E-state index contributed by atoms with van der Waals surface area (Å²) in [7, 11) is -2.19. The Morgan fingerprint density at radius 2 is 1.96 bits per heavy atom. The van der Waals surface area contributed by atoms with Crippen LogP contribution in [0, 0.1) is 0 Å². The molecule has 1 aliphatic carbocycles. The number of alkyl halides is 2. The van der Waals surface area contributed by atoms with Gasteiger partial charge in [-0.25, -0.2) is 21.9 Å². The molecule has 1 fully saturated rings. The lowest BCUT2D eigenvalue weighted by Gasteiger charge is -2.20. The zero-order chi connectivity index (χ0) is 17.0. The normalized spacial score (nSPS) is 15.3. The molecule has 1 aliphatic rings. The zero-order valence-corrected chi connectivity index (χ0v) is 13.4. The van der Waals surface area contributed by atoms with Gasteiger partial charge in [-0.1, -0.05) is 12.1 Å². The van der Waals surface area contributed by atoms with Gasteiger partial charge in [0, 0.05) is 12.1 Å². The van der Waals surface area contributed by atoms with Gasteiger partial charge >= 0.3 is 0 Å². The Balaban J connectivity index is 2.05. The second-order valence-corrected chi connectivity index (χ2v) is 7.11. The first-order valence-electron chi connectivity index (χ1n) is 7.14. The summed E-state index contributed by atoms with van der Waals surface area (Å²) in [6.07, 6.45) is 1.67. The maximum absolute atomic E-state index is 12.5. The maximum atomic E-state index is 12.5. The van der Waals surface area contributed by atoms with Crippen molar-refractivity contribution in [1.82, 2.24) is 9.62 Å². The maximum Gasteiger partial charge on any atom is 0.255 e. The van der Waals surface area contributed by atoms with Crippen LogP contribution in [0.25, 0.3) is 6.08 Å². The van der Waals surface area contributed by atoms with E-state index in [-0.39, 0.29) is 10.9 Å². The Kier molecular flexibility index (Phi) is 5.48. The van der Waals surface area contributed by atoms with E-state index in [1.54, 1.807) is 12.1 Å². The molecule has 1 saturated carbocycles. The van der Waals surface area contributed by atoms with E-state index in [0.29, 0.717) is 5.56 Å². The van der Waals surface area contributed by atoms with Crippen LogP contribution < -0.4 is 4.72 Å². The van der Waals surface area contributed by atoms with Crippen LogP contribution in [0.3, 0.4) is 0 Å². The van der Waals surface area contributed by atoms with Crippen LogP contribution in [0.4, 0.5) is 8.78 Å². The zero-order valence-electron chi connectivity index (χ0n) is 12.6. The average Bonchev–Trinajstić information content (AvgIpc) is 3.35. The molecule has 23 heavy (non-hydrogen) atoms. The minimum Gasteiger partial charge on any atom is -0.330 e. The van der Waals surface area contributed by atoms with Gasteiger partial charge in [0.15, 0.2) is 0 Å². The van der Waals surface area contributed by atoms with Crippen LogP contribution in [-0.2, 0) is 14.8 Å². The van der Waals surface area contributed by atoms with Crippen LogP contribution in [0.1, 0.15) is 18.4 Å². The van der Waals surface area contributed by atoms with E-state index in [2.05, 4.69) is 4.72 Å². The third-order valence-corrected chi connectivity index (χ3v) is 4.91. The highest BCUT2D eigenvalue weighted by Gasteiger charge is 2.33. The summed E-state index contributed by atoms with van der Waals surface area (Å²) in [5, 5.41) is 0. The van der Waals surface area contributed by atoms with Crippen molar-refractivity contribution in [3.63, 3.8) is 0 Å². The van der Waals surface area contributed by atoms with Gasteiger partial charge < -0.3 is 4.90 Å². The molecule has 1 aromatic carbocycles. The number of hydrogen-bond acceptors (Lipinski definition) is 3. The first kappa shape index (κ1) is 17.6. The Hall–Kier alpha value is -1.80. The molecule has 5 nitrogen and oxygen atoms in total. The quantitative estimate of drug-likeness (QED) is 0.768. The van der Waals surface area contributed by atoms with Gasteiger partial charge in [-0.2, -0.15) is 0 Å². The third kappa shape index (κ3) is 4.84. The number of amides is 1. The van der Waals surface area contributed by atoms with Gasteiger partial charge in [0.05, 0.1) is 11.4 Å². The van der Waals surface area contributed by atoms with E-state index < -0.39 is 28.9 Å². The number of rotatable bonds is 7. The molecule has 0 aromatic heterocycles.